The molecule has 0 bridgehead atoms. The molecule has 10 heteroatoms. The summed E-state index contributed by atoms with van der Waals surface area (Å²) >= 11 is 0. The zero-order valence-electron chi connectivity index (χ0n) is 20.5. The third-order valence-electron chi connectivity index (χ3n) is 6.66. The maximum Gasteiger partial charge on any atom is 0.416 e. The molecule has 1 amide bonds. The van der Waals surface area contributed by atoms with Gasteiger partial charge in [-0.1, -0.05) is 32.9 Å². The van der Waals surface area contributed by atoms with Gasteiger partial charge in [-0.15, -0.1) is 0 Å². The highest BCUT2D eigenvalue weighted by molar-refractivity contribution is 5.93. The van der Waals surface area contributed by atoms with Crippen molar-refractivity contribution >= 4 is 5.91 Å². The number of hydrogen-bond acceptors (Lipinski definition) is 2. The SMILES string of the molecule is C[C@H]1C[C@H](NC(=O)c2cncn2-c2ccc(-c3cc(C(F)(F)F)cc(C(F)(F)F)c3)cc2)CC(C)(C)C1. The van der Waals surface area contributed by atoms with Crippen molar-refractivity contribution in [3.8, 4) is 16.8 Å². The fraction of sp³-hybridized carbons (Fsp3) is 0.407. The number of benzene rings is 2. The normalized spacial score (nSPS) is 20.0. The summed E-state index contributed by atoms with van der Waals surface area (Å²) in [6, 6.07) is 7.36. The third kappa shape index (κ3) is 6.17. The van der Waals surface area contributed by atoms with Gasteiger partial charge in [-0.25, -0.2) is 4.98 Å². The molecule has 1 N–H and O–H groups in total. The molecule has 198 valence electrons. The Hall–Kier alpha value is -3.30. The number of rotatable bonds is 4. The predicted octanol–water partition coefficient (Wildman–Crippen LogP) is 7.52. The summed E-state index contributed by atoms with van der Waals surface area (Å²) in [4.78, 5) is 17.1. The molecule has 2 atom stereocenters. The van der Waals surface area contributed by atoms with Gasteiger partial charge in [-0.2, -0.15) is 26.3 Å². The van der Waals surface area contributed by atoms with Gasteiger partial charge in [0.1, 0.15) is 5.69 Å². The lowest BCUT2D eigenvalue weighted by molar-refractivity contribution is -0.143. The van der Waals surface area contributed by atoms with Crippen LogP contribution in [0.1, 0.15) is 61.6 Å². The molecule has 4 rings (SSSR count). The molecule has 0 spiro atoms. The minimum Gasteiger partial charge on any atom is -0.348 e. The fourth-order valence-corrected chi connectivity index (χ4v) is 5.32. The van der Waals surface area contributed by atoms with Gasteiger partial charge in [0, 0.05) is 11.7 Å². The summed E-state index contributed by atoms with van der Waals surface area (Å²) in [5.41, 5.74) is -1.92. The summed E-state index contributed by atoms with van der Waals surface area (Å²) in [6.45, 7) is 6.51. The Bertz CT molecular complexity index is 1240. The van der Waals surface area contributed by atoms with Crippen LogP contribution in [0.25, 0.3) is 16.8 Å². The van der Waals surface area contributed by atoms with Crippen LogP contribution >= 0.6 is 0 Å². The first-order valence-electron chi connectivity index (χ1n) is 11.9. The lowest BCUT2D eigenvalue weighted by Crippen LogP contribution is -2.43. The molecule has 1 fully saturated rings. The van der Waals surface area contributed by atoms with Gasteiger partial charge in [-0.05, 0) is 72.1 Å². The van der Waals surface area contributed by atoms with Crippen LogP contribution in [0, 0.1) is 11.3 Å². The molecule has 3 aromatic rings. The number of carbonyl (C=O) groups is 1. The largest absolute Gasteiger partial charge is 0.416 e. The van der Waals surface area contributed by atoms with Gasteiger partial charge in [0.2, 0.25) is 0 Å². The average molecular weight is 524 g/mol. The Labute approximate surface area is 210 Å². The van der Waals surface area contributed by atoms with Crippen LogP contribution < -0.4 is 5.32 Å². The lowest BCUT2D eigenvalue weighted by Gasteiger charge is -2.39. The molecule has 1 heterocycles. The first-order chi connectivity index (χ1) is 17.1. The van der Waals surface area contributed by atoms with Crippen LogP contribution in [0.3, 0.4) is 0 Å². The van der Waals surface area contributed by atoms with E-state index in [-0.39, 0.29) is 40.3 Å². The summed E-state index contributed by atoms with van der Waals surface area (Å²) in [5.74, 6) is 0.171. The van der Waals surface area contributed by atoms with Crippen LogP contribution in [0.15, 0.2) is 55.0 Å². The van der Waals surface area contributed by atoms with E-state index < -0.39 is 23.5 Å². The molecule has 1 saturated carbocycles. The first kappa shape index (κ1) is 26.8. The minimum atomic E-state index is -4.93. The van der Waals surface area contributed by atoms with Crippen molar-refractivity contribution in [1.29, 1.82) is 0 Å². The van der Waals surface area contributed by atoms with E-state index in [0.29, 0.717) is 23.7 Å². The van der Waals surface area contributed by atoms with E-state index in [1.165, 1.54) is 41.4 Å². The molecule has 0 radical (unpaired) electrons. The van der Waals surface area contributed by atoms with Gasteiger partial charge >= 0.3 is 12.4 Å². The Morgan fingerprint density at radius 1 is 0.946 bits per heavy atom. The van der Waals surface area contributed by atoms with E-state index in [4.69, 9.17) is 0 Å². The van der Waals surface area contributed by atoms with E-state index in [0.717, 1.165) is 19.3 Å². The van der Waals surface area contributed by atoms with Crippen LogP contribution in [-0.4, -0.2) is 21.5 Å². The van der Waals surface area contributed by atoms with Gasteiger partial charge in [0.05, 0.1) is 23.7 Å². The van der Waals surface area contributed by atoms with Gasteiger partial charge in [0.15, 0.2) is 0 Å². The van der Waals surface area contributed by atoms with Gasteiger partial charge < -0.3 is 5.32 Å². The molecular formula is C27H27F6N3O. The zero-order valence-corrected chi connectivity index (χ0v) is 20.5. The van der Waals surface area contributed by atoms with Crippen LogP contribution in [0.5, 0.6) is 0 Å². The molecular weight excluding hydrogens is 496 g/mol. The number of alkyl halides is 6. The second-order valence-corrected chi connectivity index (χ2v) is 10.6. The second kappa shape index (κ2) is 9.54. The monoisotopic (exact) mass is 523 g/mol. The number of nitrogens with one attached hydrogen (secondary N) is 1. The second-order valence-electron chi connectivity index (χ2n) is 10.6. The molecule has 0 aliphatic heterocycles. The van der Waals surface area contributed by atoms with Crippen molar-refractivity contribution in [1.82, 2.24) is 14.9 Å². The zero-order chi connectivity index (χ0) is 27.2. The topological polar surface area (TPSA) is 46.9 Å². The van der Waals surface area contributed by atoms with Gasteiger partial charge in [-0.3, -0.25) is 9.36 Å². The first-order valence-corrected chi connectivity index (χ1v) is 11.9. The van der Waals surface area contributed by atoms with Crippen LogP contribution in [0.4, 0.5) is 26.3 Å². The summed E-state index contributed by atoms with van der Waals surface area (Å²) in [7, 11) is 0. The molecule has 0 saturated heterocycles. The quantitative estimate of drug-likeness (QED) is 0.360. The average Bonchev–Trinajstić information content (AvgIpc) is 3.26. The summed E-state index contributed by atoms with van der Waals surface area (Å²) < 4.78 is 81.0. The standard InChI is InChI=1S/C27H27F6N3O/c1-16-8-21(13-25(2,3)12-16)35-24(37)23-14-34-15-36(23)22-6-4-17(5-7-22)18-9-19(26(28,29)30)11-20(10-18)27(31,32)33/h4-7,9-11,14-16,21H,8,12-13H2,1-3H3,(H,35,37)/t16-,21-/m0/s1. The molecule has 37 heavy (non-hydrogen) atoms. The van der Waals surface area contributed by atoms with Crippen molar-refractivity contribution in [2.75, 3.05) is 0 Å². The summed E-state index contributed by atoms with van der Waals surface area (Å²) in [6.07, 6.45) is -4.20. The van der Waals surface area contributed by atoms with Crippen molar-refractivity contribution in [3.05, 3.63) is 71.8 Å². The van der Waals surface area contributed by atoms with Crippen LogP contribution in [-0.2, 0) is 12.4 Å². The molecule has 2 aromatic carbocycles. The highest BCUT2D eigenvalue weighted by atomic mass is 19.4. The smallest absolute Gasteiger partial charge is 0.348 e. The Morgan fingerprint density at radius 3 is 2.08 bits per heavy atom. The van der Waals surface area contributed by atoms with E-state index in [2.05, 4.69) is 31.1 Å². The Morgan fingerprint density at radius 2 is 1.54 bits per heavy atom. The maximum absolute atomic E-state index is 13.2. The molecule has 1 aromatic heterocycles. The Kier molecular flexibility index (Phi) is 6.90. The number of nitrogens with zero attached hydrogens (tertiary/aromatic N) is 2. The van der Waals surface area contributed by atoms with E-state index in [9.17, 15) is 31.1 Å². The van der Waals surface area contributed by atoms with Crippen molar-refractivity contribution < 1.29 is 31.1 Å². The number of aromatic nitrogens is 2. The fourth-order valence-electron chi connectivity index (χ4n) is 5.32. The van der Waals surface area contributed by atoms with Crippen LogP contribution in [0.2, 0.25) is 0 Å². The van der Waals surface area contributed by atoms with Crippen molar-refractivity contribution in [2.24, 2.45) is 11.3 Å². The maximum atomic E-state index is 13.2. The molecule has 4 nitrogen and oxygen atoms in total. The Balaban J connectivity index is 1.59. The number of hydrogen-bond donors (Lipinski definition) is 1. The number of carbonyl (C=O) groups excluding carboxylic acids is 1. The number of imidazole rings is 1. The predicted molar refractivity (Wildman–Crippen MR) is 127 cm³/mol. The van der Waals surface area contributed by atoms with E-state index in [1.807, 2.05) is 0 Å². The molecule has 0 unspecified atom stereocenters. The third-order valence-corrected chi connectivity index (χ3v) is 6.66. The van der Waals surface area contributed by atoms with E-state index >= 15 is 0 Å². The van der Waals surface area contributed by atoms with Gasteiger partial charge in [0.25, 0.3) is 5.91 Å². The molecule has 1 aliphatic rings. The lowest BCUT2D eigenvalue weighted by atomic mass is 9.70. The van der Waals surface area contributed by atoms with E-state index in [1.54, 1.807) is 0 Å². The number of amides is 1. The summed E-state index contributed by atoms with van der Waals surface area (Å²) in [5, 5.41) is 3.08. The number of halogens is 6. The highest BCUT2D eigenvalue weighted by Gasteiger charge is 2.37. The van der Waals surface area contributed by atoms with Crippen molar-refractivity contribution in [2.45, 2.75) is 58.4 Å². The highest BCUT2D eigenvalue weighted by Crippen LogP contribution is 2.40. The molecule has 1 aliphatic carbocycles. The minimum absolute atomic E-state index is 0.0145. The van der Waals surface area contributed by atoms with Crippen molar-refractivity contribution in [3.63, 3.8) is 0 Å².